The van der Waals surface area contributed by atoms with E-state index in [0.717, 1.165) is 18.9 Å². The maximum Gasteiger partial charge on any atom is 0.407 e. The molecular weight excluding hydrogens is 252 g/mol. The van der Waals surface area contributed by atoms with Crippen LogP contribution in [0.2, 0.25) is 0 Å². The Kier molecular flexibility index (Phi) is 7.35. The number of likely N-dealkylation sites (tertiary alicyclic amines) is 1. The minimum absolute atomic E-state index is 0.296. The van der Waals surface area contributed by atoms with Crippen molar-refractivity contribution in [1.29, 1.82) is 0 Å². The van der Waals surface area contributed by atoms with Gasteiger partial charge in [-0.3, -0.25) is 0 Å². The molecule has 0 unspecified atom stereocenters. The van der Waals surface area contributed by atoms with Crippen molar-refractivity contribution in [3.05, 3.63) is 0 Å². The van der Waals surface area contributed by atoms with E-state index in [4.69, 9.17) is 4.74 Å². The molecule has 1 rings (SSSR count). The molecule has 0 spiro atoms. The first-order valence-electron chi connectivity index (χ1n) is 8.10. The number of rotatable bonds is 6. The Balaban J connectivity index is 2.04. The molecule has 0 aromatic rings. The standard InChI is InChI=1S/C16H32N2O2/c1-5-11-18-12-8-14(9-13-18)7-6-10-17-15(19)20-16(2,3)4/h14H,5-13H2,1-4H3,(H,17,19). The molecule has 1 heterocycles. The molecule has 1 aliphatic rings. The lowest BCUT2D eigenvalue weighted by Crippen LogP contribution is -2.35. The topological polar surface area (TPSA) is 41.6 Å². The fraction of sp³-hybridized carbons (Fsp3) is 0.938. The third-order valence-corrected chi connectivity index (χ3v) is 3.70. The first-order valence-corrected chi connectivity index (χ1v) is 8.10. The van der Waals surface area contributed by atoms with Crippen LogP contribution in [0.4, 0.5) is 4.79 Å². The van der Waals surface area contributed by atoms with Gasteiger partial charge in [-0.1, -0.05) is 6.92 Å². The number of nitrogens with zero attached hydrogens (tertiary/aromatic N) is 1. The van der Waals surface area contributed by atoms with Gasteiger partial charge in [-0.05, 0) is 78.4 Å². The Morgan fingerprint density at radius 1 is 1.30 bits per heavy atom. The highest BCUT2D eigenvalue weighted by Gasteiger charge is 2.18. The van der Waals surface area contributed by atoms with Crippen molar-refractivity contribution in [2.24, 2.45) is 5.92 Å². The summed E-state index contributed by atoms with van der Waals surface area (Å²) < 4.78 is 5.21. The largest absolute Gasteiger partial charge is 0.444 e. The molecule has 1 aliphatic heterocycles. The van der Waals surface area contributed by atoms with Crippen LogP contribution >= 0.6 is 0 Å². The van der Waals surface area contributed by atoms with Crippen molar-refractivity contribution in [2.75, 3.05) is 26.2 Å². The van der Waals surface area contributed by atoms with Crippen molar-refractivity contribution in [2.45, 2.75) is 65.4 Å². The predicted molar refractivity (Wildman–Crippen MR) is 82.9 cm³/mol. The molecule has 0 bridgehead atoms. The van der Waals surface area contributed by atoms with Gasteiger partial charge >= 0.3 is 6.09 Å². The summed E-state index contributed by atoms with van der Waals surface area (Å²) in [6.07, 6.45) is 5.85. The molecule has 118 valence electrons. The number of ether oxygens (including phenoxy) is 1. The van der Waals surface area contributed by atoms with E-state index in [1.165, 1.54) is 45.3 Å². The van der Waals surface area contributed by atoms with E-state index < -0.39 is 5.60 Å². The van der Waals surface area contributed by atoms with Crippen LogP contribution < -0.4 is 5.32 Å². The summed E-state index contributed by atoms with van der Waals surface area (Å²) in [6, 6.07) is 0. The summed E-state index contributed by atoms with van der Waals surface area (Å²) in [4.78, 5) is 14.0. The van der Waals surface area contributed by atoms with Crippen LogP contribution in [-0.4, -0.2) is 42.8 Å². The number of alkyl carbamates (subject to hydrolysis) is 1. The van der Waals surface area contributed by atoms with Gasteiger partial charge in [0.1, 0.15) is 5.60 Å². The molecule has 0 aromatic heterocycles. The molecule has 0 atom stereocenters. The molecule has 0 aromatic carbocycles. The highest BCUT2D eigenvalue weighted by molar-refractivity contribution is 5.67. The highest BCUT2D eigenvalue weighted by Crippen LogP contribution is 2.21. The average Bonchev–Trinajstić information content (AvgIpc) is 2.35. The van der Waals surface area contributed by atoms with Gasteiger partial charge in [0.25, 0.3) is 0 Å². The normalized spacial score (nSPS) is 18.0. The van der Waals surface area contributed by atoms with Gasteiger partial charge in [0.2, 0.25) is 0 Å². The van der Waals surface area contributed by atoms with Crippen LogP contribution in [0, 0.1) is 5.92 Å². The van der Waals surface area contributed by atoms with Gasteiger partial charge in [0.15, 0.2) is 0 Å². The zero-order valence-corrected chi connectivity index (χ0v) is 13.7. The maximum atomic E-state index is 11.5. The summed E-state index contributed by atoms with van der Waals surface area (Å²) in [5, 5.41) is 2.84. The van der Waals surface area contributed by atoms with Crippen LogP contribution in [0.5, 0.6) is 0 Å². The number of carbonyl (C=O) groups excluding carboxylic acids is 1. The Morgan fingerprint density at radius 3 is 2.50 bits per heavy atom. The SMILES string of the molecule is CCCN1CCC(CCCNC(=O)OC(C)(C)C)CC1. The number of hydrogen-bond acceptors (Lipinski definition) is 3. The average molecular weight is 284 g/mol. The van der Waals surface area contributed by atoms with Crippen molar-refractivity contribution in [3.8, 4) is 0 Å². The van der Waals surface area contributed by atoms with Gasteiger partial charge in [0.05, 0.1) is 0 Å². The van der Waals surface area contributed by atoms with E-state index in [-0.39, 0.29) is 6.09 Å². The summed E-state index contributed by atoms with van der Waals surface area (Å²) in [5.41, 5.74) is -0.407. The van der Waals surface area contributed by atoms with Crippen LogP contribution in [-0.2, 0) is 4.74 Å². The Labute approximate surface area is 124 Å². The monoisotopic (exact) mass is 284 g/mol. The van der Waals surface area contributed by atoms with Gasteiger partial charge in [-0.15, -0.1) is 0 Å². The molecule has 1 saturated heterocycles. The molecular formula is C16H32N2O2. The Hall–Kier alpha value is -0.770. The summed E-state index contributed by atoms with van der Waals surface area (Å²) >= 11 is 0. The molecule has 20 heavy (non-hydrogen) atoms. The second kappa shape index (κ2) is 8.50. The van der Waals surface area contributed by atoms with Crippen molar-refractivity contribution in [1.82, 2.24) is 10.2 Å². The van der Waals surface area contributed by atoms with E-state index >= 15 is 0 Å². The zero-order chi connectivity index (χ0) is 15.0. The van der Waals surface area contributed by atoms with E-state index in [1.807, 2.05) is 20.8 Å². The number of nitrogens with one attached hydrogen (secondary N) is 1. The van der Waals surface area contributed by atoms with E-state index in [2.05, 4.69) is 17.1 Å². The van der Waals surface area contributed by atoms with E-state index in [0.29, 0.717) is 0 Å². The van der Waals surface area contributed by atoms with Crippen LogP contribution in [0.1, 0.15) is 59.8 Å². The first-order chi connectivity index (χ1) is 9.40. The molecule has 0 radical (unpaired) electrons. The molecule has 1 N–H and O–H groups in total. The second-order valence-corrected chi connectivity index (χ2v) is 6.86. The lowest BCUT2D eigenvalue weighted by atomic mass is 9.92. The second-order valence-electron chi connectivity index (χ2n) is 6.86. The third-order valence-electron chi connectivity index (χ3n) is 3.70. The number of amides is 1. The predicted octanol–water partition coefficient (Wildman–Crippen LogP) is 3.41. The lowest BCUT2D eigenvalue weighted by molar-refractivity contribution is 0.0525. The van der Waals surface area contributed by atoms with Gasteiger partial charge in [-0.2, -0.15) is 0 Å². The number of hydrogen-bond donors (Lipinski definition) is 1. The van der Waals surface area contributed by atoms with Crippen LogP contribution in [0.25, 0.3) is 0 Å². The van der Waals surface area contributed by atoms with Gasteiger partial charge < -0.3 is 15.0 Å². The van der Waals surface area contributed by atoms with Crippen molar-refractivity contribution < 1.29 is 9.53 Å². The summed E-state index contributed by atoms with van der Waals surface area (Å²) in [7, 11) is 0. The Bertz CT molecular complexity index is 279. The zero-order valence-electron chi connectivity index (χ0n) is 13.7. The Morgan fingerprint density at radius 2 is 1.95 bits per heavy atom. The highest BCUT2D eigenvalue weighted by atomic mass is 16.6. The summed E-state index contributed by atoms with van der Waals surface area (Å²) in [5.74, 6) is 0.837. The quantitative estimate of drug-likeness (QED) is 0.760. The molecule has 1 amide bonds. The van der Waals surface area contributed by atoms with E-state index in [1.54, 1.807) is 0 Å². The maximum absolute atomic E-state index is 11.5. The minimum atomic E-state index is -0.407. The number of piperidine rings is 1. The summed E-state index contributed by atoms with van der Waals surface area (Å²) in [6.45, 7) is 12.4. The molecule has 1 fully saturated rings. The number of carbonyl (C=O) groups is 1. The van der Waals surface area contributed by atoms with Crippen molar-refractivity contribution in [3.63, 3.8) is 0 Å². The van der Waals surface area contributed by atoms with Gasteiger partial charge in [-0.25, -0.2) is 4.79 Å². The van der Waals surface area contributed by atoms with Crippen LogP contribution in [0.15, 0.2) is 0 Å². The lowest BCUT2D eigenvalue weighted by Gasteiger charge is -2.31. The van der Waals surface area contributed by atoms with Crippen molar-refractivity contribution >= 4 is 6.09 Å². The molecule has 0 saturated carbocycles. The van der Waals surface area contributed by atoms with Crippen LogP contribution in [0.3, 0.4) is 0 Å². The van der Waals surface area contributed by atoms with Gasteiger partial charge in [0, 0.05) is 6.54 Å². The smallest absolute Gasteiger partial charge is 0.407 e. The third kappa shape index (κ3) is 7.73. The first kappa shape index (κ1) is 17.3. The fourth-order valence-corrected chi connectivity index (χ4v) is 2.71. The minimum Gasteiger partial charge on any atom is -0.444 e. The molecule has 4 heteroatoms. The van der Waals surface area contributed by atoms with E-state index in [9.17, 15) is 4.79 Å². The molecule has 0 aliphatic carbocycles. The fourth-order valence-electron chi connectivity index (χ4n) is 2.71. The molecule has 4 nitrogen and oxygen atoms in total.